The van der Waals surface area contributed by atoms with Crippen LogP contribution in [0.2, 0.25) is 0 Å². The number of fused-ring (bicyclic) bond motifs is 1. The Labute approximate surface area is 76.2 Å². The molecule has 1 heterocycles. The summed E-state index contributed by atoms with van der Waals surface area (Å²) >= 11 is 0. The van der Waals surface area contributed by atoms with Crippen molar-refractivity contribution in [2.24, 2.45) is 0 Å². The second kappa shape index (κ2) is 2.98. The minimum atomic E-state index is 0.764. The summed E-state index contributed by atoms with van der Waals surface area (Å²) in [5.74, 6) is 0. The van der Waals surface area contributed by atoms with Crippen LogP contribution in [0.25, 0.3) is 10.8 Å². The van der Waals surface area contributed by atoms with Gasteiger partial charge in [-0.15, -0.1) is 0 Å². The summed E-state index contributed by atoms with van der Waals surface area (Å²) in [5.41, 5.74) is 1.77. The van der Waals surface area contributed by atoms with Gasteiger partial charge in [-0.1, -0.05) is 12.1 Å². The van der Waals surface area contributed by atoms with Gasteiger partial charge in [0.25, 0.3) is 0 Å². The topological polar surface area (TPSA) is 30.0 Å². The van der Waals surface area contributed by atoms with Crippen LogP contribution < -0.4 is 0 Å². The van der Waals surface area contributed by atoms with Crippen LogP contribution in [0.4, 0.5) is 0 Å². The van der Waals surface area contributed by atoms with E-state index in [-0.39, 0.29) is 0 Å². The van der Waals surface area contributed by atoms with E-state index in [1.165, 1.54) is 0 Å². The third-order valence-corrected chi connectivity index (χ3v) is 2.20. The van der Waals surface area contributed by atoms with Crippen LogP contribution in [-0.2, 0) is 0 Å². The van der Waals surface area contributed by atoms with Gasteiger partial charge in [0.1, 0.15) is 0 Å². The second-order valence-electron chi connectivity index (χ2n) is 3.01. The van der Waals surface area contributed by atoms with Crippen molar-refractivity contribution in [1.82, 2.24) is 4.98 Å². The summed E-state index contributed by atoms with van der Waals surface area (Å²) in [6, 6.07) is 5.78. The number of rotatable bonds is 1. The summed E-state index contributed by atoms with van der Waals surface area (Å²) in [5, 5.41) is 1.99. The van der Waals surface area contributed by atoms with Crippen molar-refractivity contribution >= 4 is 17.1 Å². The van der Waals surface area contributed by atoms with Gasteiger partial charge in [0, 0.05) is 23.3 Å². The molecule has 2 heteroatoms. The van der Waals surface area contributed by atoms with Gasteiger partial charge in [-0.3, -0.25) is 9.78 Å². The maximum Gasteiger partial charge on any atom is 0.150 e. The van der Waals surface area contributed by atoms with E-state index in [4.69, 9.17) is 0 Å². The van der Waals surface area contributed by atoms with Crippen molar-refractivity contribution in [2.75, 3.05) is 0 Å². The van der Waals surface area contributed by atoms with E-state index in [1.54, 1.807) is 12.4 Å². The van der Waals surface area contributed by atoms with E-state index >= 15 is 0 Å². The Kier molecular flexibility index (Phi) is 1.81. The maximum atomic E-state index is 10.8. The van der Waals surface area contributed by atoms with Crippen molar-refractivity contribution in [3.63, 3.8) is 0 Å². The zero-order chi connectivity index (χ0) is 9.26. The van der Waals surface area contributed by atoms with Crippen molar-refractivity contribution in [3.8, 4) is 0 Å². The van der Waals surface area contributed by atoms with Crippen LogP contribution in [0.3, 0.4) is 0 Å². The number of benzene rings is 1. The number of aromatic nitrogens is 1. The molecule has 64 valence electrons. The van der Waals surface area contributed by atoms with E-state index < -0.39 is 0 Å². The minimum absolute atomic E-state index is 0.764. The highest BCUT2D eigenvalue weighted by molar-refractivity contribution is 5.98. The average Bonchev–Trinajstić information content (AvgIpc) is 2.18. The summed E-state index contributed by atoms with van der Waals surface area (Å²) in [6.07, 6.45) is 4.37. The predicted molar refractivity (Wildman–Crippen MR) is 51.9 cm³/mol. The Morgan fingerprint density at radius 2 is 2.15 bits per heavy atom. The molecule has 13 heavy (non-hydrogen) atoms. The summed E-state index contributed by atoms with van der Waals surface area (Å²) in [4.78, 5) is 14.8. The van der Waals surface area contributed by atoms with Gasteiger partial charge < -0.3 is 0 Å². The standard InChI is InChI=1S/C11H9NO/c1-8-2-3-9-6-12-5-4-10(9)11(8)7-13/h2-7H,1H3. The highest BCUT2D eigenvalue weighted by Gasteiger charge is 2.02. The van der Waals surface area contributed by atoms with Crippen LogP contribution in [0, 0.1) is 6.92 Å². The molecule has 0 amide bonds. The normalized spacial score (nSPS) is 10.2. The van der Waals surface area contributed by atoms with Gasteiger partial charge in [0.15, 0.2) is 6.29 Å². The lowest BCUT2D eigenvalue weighted by Gasteiger charge is -2.02. The van der Waals surface area contributed by atoms with Crippen LogP contribution in [0.15, 0.2) is 30.6 Å². The number of nitrogens with zero attached hydrogens (tertiary/aromatic N) is 1. The lowest BCUT2D eigenvalue weighted by molar-refractivity contribution is 0.112. The number of hydrogen-bond donors (Lipinski definition) is 0. The number of carbonyl (C=O) groups is 1. The van der Waals surface area contributed by atoms with Gasteiger partial charge in [-0.05, 0) is 23.9 Å². The van der Waals surface area contributed by atoms with Crippen LogP contribution in [0.1, 0.15) is 15.9 Å². The van der Waals surface area contributed by atoms with E-state index in [9.17, 15) is 4.79 Å². The van der Waals surface area contributed by atoms with E-state index in [1.807, 2.05) is 25.1 Å². The maximum absolute atomic E-state index is 10.8. The quantitative estimate of drug-likeness (QED) is 0.616. The van der Waals surface area contributed by atoms with Crippen molar-refractivity contribution in [2.45, 2.75) is 6.92 Å². The Balaban J connectivity index is 2.91. The first-order valence-corrected chi connectivity index (χ1v) is 4.11. The zero-order valence-electron chi connectivity index (χ0n) is 7.32. The number of hydrogen-bond acceptors (Lipinski definition) is 2. The largest absolute Gasteiger partial charge is 0.298 e. The number of pyridine rings is 1. The second-order valence-corrected chi connectivity index (χ2v) is 3.01. The molecular weight excluding hydrogens is 162 g/mol. The van der Waals surface area contributed by atoms with Gasteiger partial charge in [-0.25, -0.2) is 0 Å². The summed E-state index contributed by atoms with van der Waals surface area (Å²) in [7, 11) is 0. The first-order chi connectivity index (χ1) is 6.33. The molecule has 0 aliphatic carbocycles. The fraction of sp³-hybridized carbons (Fsp3) is 0.0909. The van der Waals surface area contributed by atoms with Crippen LogP contribution in [0.5, 0.6) is 0 Å². The molecule has 0 saturated heterocycles. The van der Waals surface area contributed by atoms with Gasteiger partial charge in [-0.2, -0.15) is 0 Å². The molecule has 0 saturated carbocycles. The molecule has 0 atom stereocenters. The molecule has 2 aromatic rings. The van der Waals surface area contributed by atoms with Crippen molar-refractivity contribution < 1.29 is 4.79 Å². The van der Waals surface area contributed by atoms with E-state index in [2.05, 4.69) is 4.98 Å². The van der Waals surface area contributed by atoms with Crippen molar-refractivity contribution in [1.29, 1.82) is 0 Å². The third kappa shape index (κ3) is 1.20. The molecule has 0 radical (unpaired) electrons. The van der Waals surface area contributed by atoms with Crippen LogP contribution in [-0.4, -0.2) is 11.3 Å². The molecular formula is C11H9NO. The molecule has 2 nitrogen and oxygen atoms in total. The minimum Gasteiger partial charge on any atom is -0.298 e. The molecule has 0 fully saturated rings. The summed E-state index contributed by atoms with van der Waals surface area (Å²) in [6.45, 7) is 1.93. The molecule has 0 aliphatic heterocycles. The Morgan fingerprint density at radius 3 is 2.92 bits per heavy atom. The first kappa shape index (κ1) is 7.92. The average molecular weight is 171 g/mol. The Morgan fingerprint density at radius 1 is 1.31 bits per heavy atom. The summed E-state index contributed by atoms with van der Waals surface area (Å²) < 4.78 is 0. The molecule has 1 aromatic heterocycles. The highest BCUT2D eigenvalue weighted by Crippen LogP contribution is 2.19. The van der Waals surface area contributed by atoms with E-state index in [0.717, 1.165) is 28.2 Å². The Bertz CT molecular complexity index is 463. The fourth-order valence-electron chi connectivity index (χ4n) is 1.46. The molecule has 2 rings (SSSR count). The van der Waals surface area contributed by atoms with E-state index in [0.29, 0.717) is 0 Å². The number of carbonyl (C=O) groups excluding carboxylic acids is 1. The molecule has 0 N–H and O–H groups in total. The number of aryl methyl sites for hydroxylation is 1. The first-order valence-electron chi connectivity index (χ1n) is 4.11. The Hall–Kier alpha value is -1.70. The zero-order valence-corrected chi connectivity index (χ0v) is 7.32. The molecule has 1 aromatic carbocycles. The van der Waals surface area contributed by atoms with Gasteiger partial charge in [0.05, 0.1) is 0 Å². The van der Waals surface area contributed by atoms with Gasteiger partial charge in [0.2, 0.25) is 0 Å². The highest BCUT2D eigenvalue weighted by atomic mass is 16.1. The molecule has 0 unspecified atom stereocenters. The van der Waals surface area contributed by atoms with Crippen LogP contribution >= 0.6 is 0 Å². The van der Waals surface area contributed by atoms with Crippen molar-refractivity contribution in [3.05, 3.63) is 41.7 Å². The lowest BCUT2D eigenvalue weighted by Crippen LogP contribution is -1.88. The lowest BCUT2D eigenvalue weighted by atomic mass is 10.0. The van der Waals surface area contributed by atoms with Gasteiger partial charge >= 0.3 is 0 Å². The fourth-order valence-corrected chi connectivity index (χ4v) is 1.46. The smallest absolute Gasteiger partial charge is 0.150 e. The number of aldehydes is 1. The monoisotopic (exact) mass is 171 g/mol. The third-order valence-electron chi connectivity index (χ3n) is 2.20. The molecule has 0 bridgehead atoms. The molecule has 0 spiro atoms. The SMILES string of the molecule is Cc1ccc2cnccc2c1C=O. The predicted octanol–water partition coefficient (Wildman–Crippen LogP) is 2.36. The molecule has 0 aliphatic rings.